The number of azide groups is 1. The topological polar surface area (TPSA) is 48.8 Å². The van der Waals surface area contributed by atoms with Crippen LogP contribution in [0.1, 0.15) is 33.6 Å². The van der Waals surface area contributed by atoms with E-state index in [2.05, 4.69) is 30.8 Å². The number of fused-ring (bicyclic) bond motifs is 2. The summed E-state index contributed by atoms with van der Waals surface area (Å²) >= 11 is 0. The van der Waals surface area contributed by atoms with Gasteiger partial charge >= 0.3 is 0 Å². The van der Waals surface area contributed by atoms with Crippen LogP contribution in [0.4, 0.5) is 0 Å². The van der Waals surface area contributed by atoms with E-state index in [1.807, 2.05) is 0 Å². The van der Waals surface area contributed by atoms with Crippen LogP contribution in [0.3, 0.4) is 0 Å². The molecule has 0 amide bonds. The lowest BCUT2D eigenvalue weighted by molar-refractivity contribution is 0.235. The van der Waals surface area contributed by atoms with E-state index < -0.39 is 0 Å². The van der Waals surface area contributed by atoms with Gasteiger partial charge in [-0.2, -0.15) is 0 Å². The molecule has 0 aromatic heterocycles. The fraction of sp³-hybridized carbons (Fsp3) is 0.818. The van der Waals surface area contributed by atoms with E-state index in [0.29, 0.717) is 17.8 Å². The van der Waals surface area contributed by atoms with E-state index in [0.717, 1.165) is 0 Å². The molecule has 3 heteroatoms. The minimum absolute atomic E-state index is 0.212. The summed E-state index contributed by atoms with van der Waals surface area (Å²) in [6.07, 6.45) is 2.48. The van der Waals surface area contributed by atoms with E-state index in [-0.39, 0.29) is 6.04 Å². The molecule has 2 rings (SSSR count). The Morgan fingerprint density at radius 3 is 2.64 bits per heavy atom. The van der Waals surface area contributed by atoms with Crippen LogP contribution in [0, 0.1) is 17.8 Å². The number of rotatable bonds is 1. The average Bonchev–Trinajstić information content (AvgIpc) is 2.32. The van der Waals surface area contributed by atoms with Gasteiger partial charge in [0.15, 0.2) is 0 Å². The smallest absolute Gasteiger partial charge is 0.0507 e. The number of hydrogen-bond donors (Lipinski definition) is 0. The van der Waals surface area contributed by atoms with Gasteiger partial charge < -0.3 is 0 Å². The van der Waals surface area contributed by atoms with Crippen LogP contribution in [0.2, 0.25) is 0 Å². The number of nitrogens with zero attached hydrogens (tertiary/aromatic N) is 3. The largest absolute Gasteiger partial charge is 0.0894 e. The first-order valence-electron chi connectivity index (χ1n) is 5.38. The monoisotopic (exact) mass is 191 g/mol. The van der Waals surface area contributed by atoms with E-state index in [9.17, 15) is 0 Å². The third kappa shape index (κ3) is 1.16. The molecule has 0 aromatic carbocycles. The minimum Gasteiger partial charge on any atom is -0.0894 e. The maximum Gasteiger partial charge on any atom is 0.0507 e. The van der Waals surface area contributed by atoms with Crippen LogP contribution in [-0.2, 0) is 0 Å². The molecule has 0 radical (unpaired) electrons. The van der Waals surface area contributed by atoms with Gasteiger partial charge in [0.25, 0.3) is 0 Å². The standard InChI is InChI=1S/C11H17N3/c1-6-4-5-9-7(2)8(3)10(6)11(9)13-14-12/h6,9-11H,4-5H2,1-3H3/t6-,9-,10+,11-/m0/s1. The Morgan fingerprint density at radius 2 is 2.00 bits per heavy atom. The summed E-state index contributed by atoms with van der Waals surface area (Å²) in [4.78, 5) is 3.00. The molecule has 76 valence electrons. The second-order valence-corrected chi connectivity index (χ2v) is 4.75. The van der Waals surface area contributed by atoms with Gasteiger partial charge in [-0.05, 0) is 50.0 Å². The van der Waals surface area contributed by atoms with E-state index >= 15 is 0 Å². The summed E-state index contributed by atoms with van der Waals surface area (Å²) in [5, 5.41) is 4.00. The summed E-state index contributed by atoms with van der Waals surface area (Å²) in [5.41, 5.74) is 11.5. The molecule has 2 aliphatic rings. The Bertz CT molecular complexity index is 325. The molecule has 4 atom stereocenters. The van der Waals surface area contributed by atoms with Gasteiger partial charge in [0.1, 0.15) is 0 Å². The summed E-state index contributed by atoms with van der Waals surface area (Å²) in [6.45, 7) is 6.70. The predicted octanol–water partition coefficient (Wildman–Crippen LogP) is 3.68. The molecule has 0 aromatic rings. The van der Waals surface area contributed by atoms with Crippen LogP contribution in [-0.4, -0.2) is 6.04 Å². The van der Waals surface area contributed by atoms with Gasteiger partial charge in [-0.15, -0.1) is 0 Å². The van der Waals surface area contributed by atoms with Crippen LogP contribution < -0.4 is 0 Å². The first-order valence-corrected chi connectivity index (χ1v) is 5.38. The van der Waals surface area contributed by atoms with Crippen molar-refractivity contribution in [1.82, 2.24) is 0 Å². The van der Waals surface area contributed by atoms with Crippen LogP contribution >= 0.6 is 0 Å². The SMILES string of the molecule is CC1=C(C)[C@@H]2CC[C@H](C)[C@H]1[C@H]2N=[N+]=[N-]. The minimum atomic E-state index is 0.212. The van der Waals surface area contributed by atoms with Crippen molar-refractivity contribution in [3.05, 3.63) is 21.6 Å². The lowest BCUT2D eigenvalue weighted by atomic mass is 9.74. The quantitative estimate of drug-likeness (QED) is 0.263. The van der Waals surface area contributed by atoms with Crippen molar-refractivity contribution in [3.63, 3.8) is 0 Å². The molecular weight excluding hydrogens is 174 g/mol. The molecule has 0 aliphatic heterocycles. The maximum absolute atomic E-state index is 8.58. The number of hydrogen-bond acceptors (Lipinski definition) is 1. The lowest BCUT2D eigenvalue weighted by Crippen LogP contribution is -2.31. The highest BCUT2D eigenvalue weighted by molar-refractivity contribution is 5.29. The van der Waals surface area contributed by atoms with Gasteiger partial charge in [0.2, 0.25) is 0 Å². The van der Waals surface area contributed by atoms with E-state index in [1.54, 1.807) is 0 Å². The average molecular weight is 191 g/mol. The first-order chi connectivity index (χ1) is 6.66. The molecule has 0 saturated heterocycles. The molecule has 3 nitrogen and oxygen atoms in total. The highest BCUT2D eigenvalue weighted by Gasteiger charge is 2.44. The Labute approximate surface area is 84.8 Å². The Morgan fingerprint density at radius 1 is 1.29 bits per heavy atom. The van der Waals surface area contributed by atoms with E-state index in [4.69, 9.17) is 5.53 Å². The highest BCUT2D eigenvalue weighted by Crippen LogP contribution is 2.50. The van der Waals surface area contributed by atoms with Gasteiger partial charge in [-0.25, -0.2) is 0 Å². The molecule has 0 spiro atoms. The molecular formula is C11H17N3. The predicted molar refractivity (Wildman–Crippen MR) is 56.7 cm³/mol. The van der Waals surface area contributed by atoms with E-state index in [1.165, 1.54) is 24.0 Å². The second-order valence-electron chi connectivity index (χ2n) is 4.75. The van der Waals surface area contributed by atoms with Crippen LogP contribution in [0.15, 0.2) is 16.3 Å². The van der Waals surface area contributed by atoms with Crippen molar-refractivity contribution in [3.8, 4) is 0 Å². The van der Waals surface area contributed by atoms with Crippen LogP contribution in [0.25, 0.3) is 10.4 Å². The second kappa shape index (κ2) is 3.32. The highest BCUT2D eigenvalue weighted by atomic mass is 15.2. The normalized spacial score (nSPS) is 41.1. The molecule has 0 N–H and O–H groups in total. The molecule has 1 saturated carbocycles. The Kier molecular flexibility index (Phi) is 2.28. The maximum atomic E-state index is 8.58. The van der Waals surface area contributed by atoms with Crippen molar-refractivity contribution >= 4 is 0 Å². The fourth-order valence-corrected chi connectivity index (χ4v) is 3.30. The van der Waals surface area contributed by atoms with Crippen molar-refractivity contribution in [2.45, 2.75) is 39.7 Å². The Balaban J connectivity index is 2.38. The zero-order chi connectivity index (χ0) is 10.3. The molecule has 2 aliphatic carbocycles. The van der Waals surface area contributed by atoms with Gasteiger partial charge in [0, 0.05) is 4.91 Å². The zero-order valence-electron chi connectivity index (χ0n) is 9.07. The lowest BCUT2D eigenvalue weighted by Gasteiger charge is -2.33. The van der Waals surface area contributed by atoms with Crippen molar-refractivity contribution in [2.24, 2.45) is 22.9 Å². The van der Waals surface area contributed by atoms with Crippen molar-refractivity contribution < 1.29 is 0 Å². The zero-order valence-corrected chi connectivity index (χ0v) is 9.07. The third-order valence-electron chi connectivity index (χ3n) is 4.19. The third-order valence-corrected chi connectivity index (χ3v) is 4.19. The van der Waals surface area contributed by atoms with Gasteiger partial charge in [0.05, 0.1) is 6.04 Å². The molecule has 2 bridgehead atoms. The molecule has 0 unspecified atom stereocenters. The van der Waals surface area contributed by atoms with Crippen LogP contribution in [0.5, 0.6) is 0 Å². The van der Waals surface area contributed by atoms with Gasteiger partial charge in [-0.1, -0.05) is 23.2 Å². The molecule has 0 heterocycles. The van der Waals surface area contributed by atoms with Crippen molar-refractivity contribution in [2.75, 3.05) is 0 Å². The Hall–Kier alpha value is -0.950. The first kappa shape index (κ1) is 9.60. The summed E-state index contributed by atoms with van der Waals surface area (Å²) < 4.78 is 0. The van der Waals surface area contributed by atoms with Gasteiger partial charge in [-0.3, -0.25) is 0 Å². The van der Waals surface area contributed by atoms with Crippen molar-refractivity contribution in [1.29, 1.82) is 0 Å². The molecule has 1 fully saturated rings. The summed E-state index contributed by atoms with van der Waals surface area (Å²) in [6, 6.07) is 0.212. The molecule has 14 heavy (non-hydrogen) atoms. The summed E-state index contributed by atoms with van der Waals surface area (Å²) in [7, 11) is 0. The fourth-order valence-electron chi connectivity index (χ4n) is 3.30. The summed E-state index contributed by atoms with van der Waals surface area (Å²) in [5.74, 6) is 1.73.